The highest BCUT2D eigenvalue weighted by molar-refractivity contribution is 5.79. The Balaban J connectivity index is 1.48. The second-order valence-corrected chi connectivity index (χ2v) is 9.35. The minimum atomic E-state index is -0.851. The van der Waals surface area contributed by atoms with Crippen LogP contribution in [0.3, 0.4) is 0 Å². The zero-order valence-electron chi connectivity index (χ0n) is 21.7. The molecular weight excluding hydrogens is 474 g/mol. The minimum Gasteiger partial charge on any atom is -0.497 e. The number of ether oxygens (including phenoxy) is 1. The van der Waals surface area contributed by atoms with Crippen molar-refractivity contribution in [2.75, 3.05) is 13.7 Å². The summed E-state index contributed by atoms with van der Waals surface area (Å²) in [6.45, 7) is 1.17. The Morgan fingerprint density at radius 1 is 0.737 bits per heavy atom. The van der Waals surface area contributed by atoms with Crippen molar-refractivity contribution in [1.29, 1.82) is 0 Å². The van der Waals surface area contributed by atoms with Gasteiger partial charge in [-0.2, -0.15) is 0 Å². The molecule has 4 aromatic carbocycles. The van der Waals surface area contributed by atoms with Gasteiger partial charge in [-0.05, 0) is 58.4 Å². The van der Waals surface area contributed by atoms with E-state index in [4.69, 9.17) is 4.74 Å². The van der Waals surface area contributed by atoms with Gasteiger partial charge in [0.15, 0.2) is 0 Å². The summed E-state index contributed by atoms with van der Waals surface area (Å²) in [6, 6.07) is 33.6. The third-order valence-electron chi connectivity index (χ3n) is 6.60. The van der Waals surface area contributed by atoms with Gasteiger partial charge in [0.1, 0.15) is 5.75 Å². The van der Waals surface area contributed by atoms with E-state index in [0.29, 0.717) is 19.5 Å². The van der Waals surface area contributed by atoms with Crippen molar-refractivity contribution in [3.63, 3.8) is 0 Å². The first kappa shape index (κ1) is 26.7. The number of carbonyl (C=O) groups is 2. The molecular formula is C33H33NO4. The van der Waals surface area contributed by atoms with E-state index >= 15 is 0 Å². The average Bonchev–Trinajstić information content (AvgIpc) is 2.94. The molecule has 0 saturated heterocycles. The molecule has 0 aromatic heterocycles. The summed E-state index contributed by atoms with van der Waals surface area (Å²) >= 11 is 0. The van der Waals surface area contributed by atoms with Crippen LogP contribution in [0.2, 0.25) is 0 Å². The van der Waals surface area contributed by atoms with E-state index in [-0.39, 0.29) is 12.3 Å². The highest BCUT2D eigenvalue weighted by Crippen LogP contribution is 2.25. The van der Waals surface area contributed by atoms with Crippen molar-refractivity contribution in [3.05, 3.63) is 125 Å². The Hall–Kier alpha value is -4.38. The molecule has 5 heteroatoms. The lowest BCUT2D eigenvalue weighted by molar-refractivity contribution is -0.136. The SMILES string of the molecule is COc1ccc(CC(=O)N(CCCc2ccccc2)Cc2ccc(-c3ccccc3CC(=O)O)cc2)cc1. The quantitative estimate of drug-likeness (QED) is 0.248. The Morgan fingerprint density at radius 3 is 2.08 bits per heavy atom. The third kappa shape index (κ3) is 7.56. The maximum atomic E-state index is 13.4. The second-order valence-electron chi connectivity index (χ2n) is 9.35. The molecule has 0 heterocycles. The Kier molecular flexibility index (Phi) is 9.30. The van der Waals surface area contributed by atoms with Gasteiger partial charge in [-0.25, -0.2) is 0 Å². The van der Waals surface area contributed by atoms with E-state index in [0.717, 1.165) is 46.4 Å². The summed E-state index contributed by atoms with van der Waals surface area (Å²) in [5.74, 6) is 0.000583. The van der Waals surface area contributed by atoms with Gasteiger partial charge >= 0.3 is 5.97 Å². The Labute approximate surface area is 224 Å². The molecule has 0 fully saturated rings. The van der Waals surface area contributed by atoms with E-state index in [1.807, 2.05) is 95.9 Å². The molecule has 194 valence electrons. The van der Waals surface area contributed by atoms with Gasteiger partial charge < -0.3 is 14.7 Å². The van der Waals surface area contributed by atoms with Crippen molar-refractivity contribution < 1.29 is 19.4 Å². The van der Waals surface area contributed by atoms with Gasteiger partial charge in [0, 0.05) is 13.1 Å². The number of benzene rings is 4. The number of carbonyl (C=O) groups excluding carboxylic acids is 1. The van der Waals surface area contributed by atoms with Crippen LogP contribution in [0.1, 0.15) is 28.7 Å². The van der Waals surface area contributed by atoms with Crippen molar-refractivity contribution in [1.82, 2.24) is 4.90 Å². The molecule has 4 aromatic rings. The van der Waals surface area contributed by atoms with Gasteiger partial charge in [-0.1, -0.05) is 91.0 Å². The first-order chi connectivity index (χ1) is 18.5. The minimum absolute atomic E-state index is 0.0209. The number of nitrogens with zero attached hydrogens (tertiary/aromatic N) is 1. The number of hydrogen-bond acceptors (Lipinski definition) is 3. The van der Waals surface area contributed by atoms with Crippen molar-refractivity contribution >= 4 is 11.9 Å². The maximum absolute atomic E-state index is 13.4. The zero-order valence-corrected chi connectivity index (χ0v) is 21.7. The molecule has 0 aliphatic carbocycles. The molecule has 4 rings (SSSR count). The zero-order chi connectivity index (χ0) is 26.7. The summed E-state index contributed by atoms with van der Waals surface area (Å²) in [5.41, 5.74) is 5.91. The molecule has 38 heavy (non-hydrogen) atoms. The van der Waals surface area contributed by atoms with E-state index < -0.39 is 5.97 Å². The van der Waals surface area contributed by atoms with Gasteiger partial charge in [0.2, 0.25) is 5.91 Å². The van der Waals surface area contributed by atoms with Crippen LogP contribution in [0, 0.1) is 0 Å². The number of carboxylic acids is 1. The van der Waals surface area contributed by atoms with E-state index in [1.54, 1.807) is 7.11 Å². The van der Waals surface area contributed by atoms with E-state index in [1.165, 1.54) is 5.56 Å². The van der Waals surface area contributed by atoms with Crippen LogP contribution in [0.15, 0.2) is 103 Å². The van der Waals surface area contributed by atoms with Crippen LogP contribution in [-0.2, 0) is 35.4 Å². The lowest BCUT2D eigenvalue weighted by atomic mass is 9.97. The smallest absolute Gasteiger partial charge is 0.307 e. The molecule has 0 aliphatic heterocycles. The summed E-state index contributed by atoms with van der Waals surface area (Å²) in [7, 11) is 1.63. The summed E-state index contributed by atoms with van der Waals surface area (Å²) in [5, 5.41) is 9.27. The van der Waals surface area contributed by atoms with Gasteiger partial charge in [0.25, 0.3) is 0 Å². The first-order valence-electron chi connectivity index (χ1n) is 12.9. The van der Waals surface area contributed by atoms with Gasteiger partial charge in [-0.3, -0.25) is 9.59 Å². The number of amides is 1. The fraction of sp³-hybridized carbons (Fsp3) is 0.212. The number of methoxy groups -OCH3 is 1. The average molecular weight is 508 g/mol. The summed E-state index contributed by atoms with van der Waals surface area (Å²) < 4.78 is 5.24. The summed E-state index contributed by atoms with van der Waals surface area (Å²) in [6.07, 6.45) is 2.09. The van der Waals surface area contributed by atoms with Gasteiger partial charge in [-0.15, -0.1) is 0 Å². The number of hydrogen-bond donors (Lipinski definition) is 1. The summed E-state index contributed by atoms with van der Waals surface area (Å²) in [4.78, 5) is 26.6. The van der Waals surface area contributed by atoms with E-state index in [2.05, 4.69) is 12.1 Å². The lowest BCUT2D eigenvalue weighted by Crippen LogP contribution is -2.33. The highest BCUT2D eigenvalue weighted by atomic mass is 16.5. The second kappa shape index (κ2) is 13.2. The molecule has 0 aliphatic rings. The lowest BCUT2D eigenvalue weighted by Gasteiger charge is -2.23. The van der Waals surface area contributed by atoms with Crippen LogP contribution < -0.4 is 4.74 Å². The fourth-order valence-corrected chi connectivity index (χ4v) is 4.57. The normalized spacial score (nSPS) is 10.7. The molecule has 1 N–H and O–H groups in total. The van der Waals surface area contributed by atoms with Gasteiger partial charge in [0.05, 0.1) is 20.0 Å². The number of aliphatic carboxylic acids is 1. The predicted molar refractivity (Wildman–Crippen MR) is 150 cm³/mol. The molecule has 0 radical (unpaired) electrons. The molecule has 0 spiro atoms. The van der Waals surface area contributed by atoms with E-state index in [9.17, 15) is 14.7 Å². The van der Waals surface area contributed by atoms with Crippen LogP contribution in [0.25, 0.3) is 11.1 Å². The fourth-order valence-electron chi connectivity index (χ4n) is 4.57. The number of rotatable bonds is 12. The molecule has 0 atom stereocenters. The molecule has 0 bridgehead atoms. The third-order valence-corrected chi connectivity index (χ3v) is 6.60. The van der Waals surface area contributed by atoms with Crippen LogP contribution >= 0.6 is 0 Å². The van der Waals surface area contributed by atoms with Crippen molar-refractivity contribution in [2.24, 2.45) is 0 Å². The monoisotopic (exact) mass is 507 g/mol. The van der Waals surface area contributed by atoms with Crippen molar-refractivity contribution in [3.8, 4) is 16.9 Å². The Bertz CT molecular complexity index is 1330. The largest absolute Gasteiger partial charge is 0.497 e. The molecule has 5 nitrogen and oxygen atoms in total. The topological polar surface area (TPSA) is 66.8 Å². The van der Waals surface area contributed by atoms with Crippen LogP contribution in [-0.4, -0.2) is 35.5 Å². The Morgan fingerprint density at radius 2 is 1.39 bits per heavy atom. The number of aryl methyl sites for hydroxylation is 1. The maximum Gasteiger partial charge on any atom is 0.307 e. The molecule has 0 saturated carbocycles. The predicted octanol–water partition coefficient (Wildman–Crippen LogP) is 6.19. The van der Waals surface area contributed by atoms with Crippen LogP contribution in [0.4, 0.5) is 0 Å². The first-order valence-corrected chi connectivity index (χ1v) is 12.9. The number of carboxylic acid groups (broad SMARTS) is 1. The van der Waals surface area contributed by atoms with Crippen molar-refractivity contribution in [2.45, 2.75) is 32.2 Å². The highest BCUT2D eigenvalue weighted by Gasteiger charge is 2.16. The molecule has 0 unspecified atom stereocenters. The van der Waals surface area contributed by atoms with Crippen LogP contribution in [0.5, 0.6) is 5.75 Å². The standard InChI is InChI=1S/C33H33NO4/c1-38-30-19-15-26(16-20-30)22-32(35)34(21-7-10-25-8-3-2-4-9-25)24-27-13-17-28(18-14-27)31-12-6-5-11-29(31)23-33(36)37/h2-6,8-9,11-20H,7,10,21-24H2,1H3,(H,36,37). The molecule has 1 amide bonds.